The van der Waals surface area contributed by atoms with E-state index in [1.54, 1.807) is 18.2 Å². The first-order chi connectivity index (χ1) is 20.1. The van der Waals surface area contributed by atoms with Gasteiger partial charge < -0.3 is 19.7 Å². The molecular formula is C31H36BrN3O6S. The number of ether oxygens (including phenoxy) is 2. The van der Waals surface area contributed by atoms with E-state index in [4.69, 9.17) is 9.47 Å². The van der Waals surface area contributed by atoms with Crippen molar-refractivity contribution in [3.8, 4) is 11.5 Å². The second-order valence-electron chi connectivity index (χ2n) is 10.4. The zero-order valence-corrected chi connectivity index (χ0v) is 26.4. The molecule has 0 radical (unpaired) electrons. The SMILES string of the molecule is CCS(=O)(=O)N(CC(=O)N(Cc1ccc(Br)cc1)[C@H](Cc1ccccc1)C(=O)NCC(C)C)c1ccc2c(c1)OCO2. The van der Waals surface area contributed by atoms with Gasteiger partial charge in [0, 0.05) is 30.0 Å². The van der Waals surface area contributed by atoms with Gasteiger partial charge in [0.05, 0.1) is 11.4 Å². The van der Waals surface area contributed by atoms with Crippen molar-refractivity contribution in [1.29, 1.82) is 0 Å². The van der Waals surface area contributed by atoms with Crippen molar-refractivity contribution < 1.29 is 27.5 Å². The molecule has 0 bridgehead atoms. The molecule has 1 aliphatic heterocycles. The van der Waals surface area contributed by atoms with Crippen molar-refractivity contribution in [2.45, 2.75) is 39.8 Å². The molecule has 0 unspecified atom stereocenters. The van der Waals surface area contributed by atoms with Crippen LogP contribution in [0.15, 0.2) is 77.3 Å². The number of amides is 2. The molecule has 0 aromatic heterocycles. The minimum atomic E-state index is -3.88. The van der Waals surface area contributed by atoms with E-state index in [1.165, 1.54) is 11.8 Å². The van der Waals surface area contributed by atoms with E-state index in [-0.39, 0.29) is 43.0 Å². The van der Waals surface area contributed by atoms with Crippen LogP contribution in [0.3, 0.4) is 0 Å². The molecule has 9 nitrogen and oxygen atoms in total. The van der Waals surface area contributed by atoms with Crippen LogP contribution < -0.4 is 19.1 Å². The number of rotatable bonds is 13. The topological polar surface area (TPSA) is 105 Å². The highest BCUT2D eigenvalue weighted by atomic mass is 79.9. The fourth-order valence-electron chi connectivity index (χ4n) is 4.52. The summed E-state index contributed by atoms with van der Waals surface area (Å²) in [5.74, 6) is 0.0833. The fourth-order valence-corrected chi connectivity index (χ4v) is 5.84. The molecule has 1 N–H and O–H groups in total. The molecule has 2 amide bonds. The third-order valence-corrected chi connectivity index (χ3v) is 9.12. The molecule has 4 rings (SSSR count). The van der Waals surface area contributed by atoms with Crippen molar-refractivity contribution in [3.63, 3.8) is 0 Å². The van der Waals surface area contributed by atoms with E-state index in [0.29, 0.717) is 18.0 Å². The fraction of sp³-hybridized carbons (Fsp3) is 0.355. The van der Waals surface area contributed by atoms with Crippen molar-refractivity contribution in [1.82, 2.24) is 10.2 Å². The normalized spacial score (nSPS) is 13.1. The first kappa shape index (κ1) is 31.4. The molecule has 0 saturated carbocycles. The zero-order valence-electron chi connectivity index (χ0n) is 24.0. The molecule has 11 heteroatoms. The number of carbonyl (C=O) groups is 2. The zero-order chi connectivity index (χ0) is 30.3. The first-order valence-electron chi connectivity index (χ1n) is 13.8. The maximum atomic E-state index is 14.2. The van der Waals surface area contributed by atoms with Gasteiger partial charge in [0.2, 0.25) is 28.6 Å². The summed E-state index contributed by atoms with van der Waals surface area (Å²) < 4.78 is 39.5. The summed E-state index contributed by atoms with van der Waals surface area (Å²) in [7, 11) is -3.88. The summed E-state index contributed by atoms with van der Waals surface area (Å²) in [5, 5.41) is 2.98. The number of hydrogen-bond acceptors (Lipinski definition) is 6. The Kier molecular flexibility index (Phi) is 10.5. The Hall–Kier alpha value is -3.57. The predicted molar refractivity (Wildman–Crippen MR) is 166 cm³/mol. The van der Waals surface area contributed by atoms with Gasteiger partial charge in [0.15, 0.2) is 11.5 Å². The number of carbonyl (C=O) groups excluding carboxylic acids is 2. The minimum Gasteiger partial charge on any atom is -0.454 e. The molecule has 1 atom stereocenters. The Labute approximate surface area is 256 Å². The Morgan fingerprint density at radius 1 is 0.952 bits per heavy atom. The molecule has 0 saturated heterocycles. The number of nitrogens with one attached hydrogen (secondary N) is 1. The van der Waals surface area contributed by atoms with Crippen LogP contribution in [-0.2, 0) is 32.6 Å². The highest BCUT2D eigenvalue weighted by Gasteiger charge is 2.34. The second kappa shape index (κ2) is 14.1. The van der Waals surface area contributed by atoms with E-state index in [2.05, 4.69) is 21.2 Å². The summed E-state index contributed by atoms with van der Waals surface area (Å²) in [4.78, 5) is 29.4. The van der Waals surface area contributed by atoms with Crippen LogP contribution in [0.5, 0.6) is 11.5 Å². The van der Waals surface area contributed by atoms with Crippen LogP contribution in [0, 0.1) is 5.92 Å². The van der Waals surface area contributed by atoms with Gasteiger partial charge in [-0.15, -0.1) is 0 Å². The Balaban J connectivity index is 1.73. The van der Waals surface area contributed by atoms with Crippen LogP contribution in [0.2, 0.25) is 0 Å². The van der Waals surface area contributed by atoms with Crippen molar-refractivity contribution in [2.75, 3.05) is 29.9 Å². The van der Waals surface area contributed by atoms with E-state index < -0.39 is 28.5 Å². The summed E-state index contributed by atoms with van der Waals surface area (Å²) in [5.41, 5.74) is 1.96. The van der Waals surface area contributed by atoms with E-state index in [1.807, 2.05) is 68.4 Å². The van der Waals surface area contributed by atoms with Crippen molar-refractivity contribution >= 4 is 43.5 Å². The lowest BCUT2D eigenvalue weighted by Crippen LogP contribution is -2.53. The van der Waals surface area contributed by atoms with Gasteiger partial charge in [-0.1, -0.05) is 72.2 Å². The molecule has 3 aromatic carbocycles. The van der Waals surface area contributed by atoms with Crippen LogP contribution in [0.25, 0.3) is 0 Å². The molecule has 3 aromatic rings. The largest absolute Gasteiger partial charge is 0.454 e. The molecule has 0 aliphatic carbocycles. The average molecular weight is 659 g/mol. The van der Waals surface area contributed by atoms with E-state index >= 15 is 0 Å². The lowest BCUT2D eigenvalue weighted by atomic mass is 10.0. The van der Waals surface area contributed by atoms with Gasteiger partial charge in [0.1, 0.15) is 12.6 Å². The van der Waals surface area contributed by atoms with Crippen LogP contribution in [0.1, 0.15) is 31.9 Å². The number of fused-ring (bicyclic) bond motifs is 1. The van der Waals surface area contributed by atoms with Gasteiger partial charge in [-0.05, 0) is 48.2 Å². The second-order valence-corrected chi connectivity index (χ2v) is 13.5. The Bertz CT molecular complexity index is 1480. The standard InChI is InChI=1S/C31H36BrN3O6S/c1-4-42(38,39)35(26-14-15-28-29(17-26)41-21-40-28)20-30(36)34(19-24-10-12-25(32)13-11-24)27(31(37)33-18-22(2)3)16-23-8-6-5-7-9-23/h5-15,17,22,27H,4,16,18-21H2,1-3H3,(H,33,37)/t27-/m1/s1. The first-order valence-corrected chi connectivity index (χ1v) is 16.2. The number of sulfonamides is 1. The quantitative estimate of drug-likeness (QED) is 0.285. The van der Waals surface area contributed by atoms with E-state index in [0.717, 1.165) is 19.9 Å². The third-order valence-electron chi connectivity index (χ3n) is 6.85. The van der Waals surface area contributed by atoms with Crippen molar-refractivity contribution in [3.05, 3.63) is 88.4 Å². The maximum absolute atomic E-state index is 14.2. The molecule has 224 valence electrons. The smallest absolute Gasteiger partial charge is 0.244 e. The van der Waals surface area contributed by atoms with Gasteiger partial charge >= 0.3 is 0 Å². The van der Waals surface area contributed by atoms with E-state index in [9.17, 15) is 18.0 Å². The van der Waals surface area contributed by atoms with Gasteiger partial charge in [-0.2, -0.15) is 0 Å². The lowest BCUT2D eigenvalue weighted by molar-refractivity contribution is -0.140. The maximum Gasteiger partial charge on any atom is 0.244 e. The highest BCUT2D eigenvalue weighted by Crippen LogP contribution is 2.36. The summed E-state index contributed by atoms with van der Waals surface area (Å²) >= 11 is 3.44. The average Bonchev–Trinajstić information content (AvgIpc) is 3.46. The monoisotopic (exact) mass is 657 g/mol. The number of halogens is 1. The highest BCUT2D eigenvalue weighted by molar-refractivity contribution is 9.10. The van der Waals surface area contributed by atoms with Gasteiger partial charge in [-0.25, -0.2) is 8.42 Å². The third kappa shape index (κ3) is 8.04. The summed E-state index contributed by atoms with van der Waals surface area (Å²) in [6, 6.07) is 20.8. The Morgan fingerprint density at radius 3 is 2.31 bits per heavy atom. The molecule has 0 fully saturated rings. The molecule has 0 spiro atoms. The van der Waals surface area contributed by atoms with Gasteiger partial charge in [0.25, 0.3) is 0 Å². The van der Waals surface area contributed by atoms with Crippen LogP contribution in [0.4, 0.5) is 5.69 Å². The van der Waals surface area contributed by atoms with Crippen LogP contribution >= 0.6 is 15.9 Å². The summed E-state index contributed by atoms with van der Waals surface area (Å²) in [6.45, 7) is 5.61. The number of hydrogen-bond donors (Lipinski definition) is 1. The summed E-state index contributed by atoms with van der Waals surface area (Å²) in [6.07, 6.45) is 0.261. The predicted octanol–water partition coefficient (Wildman–Crippen LogP) is 4.75. The molecular weight excluding hydrogens is 622 g/mol. The van der Waals surface area contributed by atoms with Gasteiger partial charge in [-0.3, -0.25) is 13.9 Å². The molecule has 1 heterocycles. The Morgan fingerprint density at radius 2 is 1.64 bits per heavy atom. The molecule has 1 aliphatic rings. The number of benzene rings is 3. The molecule has 42 heavy (non-hydrogen) atoms. The van der Waals surface area contributed by atoms with Crippen molar-refractivity contribution in [2.24, 2.45) is 5.92 Å². The van der Waals surface area contributed by atoms with Crippen LogP contribution in [-0.4, -0.2) is 56.8 Å². The minimum absolute atomic E-state index is 0.0336. The number of nitrogens with zero attached hydrogens (tertiary/aromatic N) is 2. The number of anilines is 1. The lowest BCUT2D eigenvalue weighted by Gasteiger charge is -2.34.